The number of nitrogens with one attached hydrogen (secondary N) is 2. The highest BCUT2D eigenvalue weighted by atomic mass is 32.2. The van der Waals surface area contributed by atoms with Crippen LogP contribution in [0, 0.1) is 6.92 Å². The Labute approximate surface area is 113 Å². The second kappa shape index (κ2) is 6.10. The van der Waals surface area contributed by atoms with E-state index in [4.69, 9.17) is 0 Å². The topological polar surface area (TPSA) is 71.1 Å². The largest absolute Gasteiger partial charge is 0.305 e. The van der Waals surface area contributed by atoms with Gasteiger partial charge in [0, 0.05) is 24.2 Å². The van der Waals surface area contributed by atoms with Crippen molar-refractivity contribution in [3.63, 3.8) is 0 Å². The highest BCUT2D eigenvalue weighted by Crippen LogP contribution is 2.23. The van der Waals surface area contributed by atoms with Crippen molar-refractivity contribution >= 4 is 21.4 Å². The van der Waals surface area contributed by atoms with E-state index in [2.05, 4.69) is 15.0 Å². The van der Waals surface area contributed by atoms with Crippen molar-refractivity contribution in [2.75, 3.05) is 18.8 Å². The summed E-state index contributed by atoms with van der Waals surface area (Å²) in [5, 5.41) is 6.33. The van der Waals surface area contributed by atoms with Crippen LogP contribution in [0.4, 0.5) is 0 Å². The van der Waals surface area contributed by atoms with E-state index in [1.807, 2.05) is 26.2 Å². The molecule has 2 N–H and O–H groups in total. The van der Waals surface area contributed by atoms with Gasteiger partial charge in [-0.15, -0.1) is 11.3 Å². The molecule has 104 valence electrons. The normalized spacial score (nSPS) is 12.9. The van der Waals surface area contributed by atoms with Crippen LogP contribution >= 0.6 is 11.3 Å². The van der Waals surface area contributed by atoms with Gasteiger partial charge in [0.05, 0.1) is 11.3 Å². The van der Waals surface area contributed by atoms with Crippen LogP contribution in [0.1, 0.15) is 31.5 Å². The molecule has 0 radical (unpaired) electrons. The quantitative estimate of drug-likeness (QED) is 0.741. The van der Waals surface area contributed by atoms with Crippen LogP contribution in [0.2, 0.25) is 0 Å². The predicted octanol–water partition coefficient (Wildman–Crippen LogP) is 1.22. The first kappa shape index (κ1) is 15.6. The number of nitrogens with zero attached hydrogens (tertiary/aromatic N) is 1. The average molecular weight is 291 g/mol. The molecule has 1 rings (SSSR count). The Morgan fingerprint density at radius 3 is 2.56 bits per heavy atom. The van der Waals surface area contributed by atoms with Gasteiger partial charge in [-0.05, 0) is 27.7 Å². The van der Waals surface area contributed by atoms with Gasteiger partial charge in [-0.25, -0.2) is 18.1 Å². The molecule has 0 bridgehead atoms. The zero-order valence-corrected chi connectivity index (χ0v) is 12.9. The minimum absolute atomic E-state index is 0.113. The SMILES string of the molecule is CCS(=O)(=O)NCCNC(C)(C)c1nc(C)cs1. The summed E-state index contributed by atoms with van der Waals surface area (Å²) in [6, 6.07) is 0. The molecule has 0 amide bonds. The minimum atomic E-state index is -3.10. The Kier molecular flexibility index (Phi) is 5.27. The number of sulfonamides is 1. The van der Waals surface area contributed by atoms with Crippen molar-refractivity contribution in [1.82, 2.24) is 15.0 Å². The number of hydrogen-bond acceptors (Lipinski definition) is 5. The summed E-state index contributed by atoms with van der Waals surface area (Å²) in [6.45, 7) is 8.64. The molecule has 1 aromatic rings. The van der Waals surface area contributed by atoms with Crippen LogP contribution < -0.4 is 10.0 Å². The summed E-state index contributed by atoms with van der Waals surface area (Å²) >= 11 is 1.61. The van der Waals surface area contributed by atoms with Gasteiger partial charge in [0.25, 0.3) is 0 Å². The van der Waals surface area contributed by atoms with Crippen LogP contribution in [0.15, 0.2) is 5.38 Å². The van der Waals surface area contributed by atoms with Crippen LogP contribution in [0.25, 0.3) is 0 Å². The van der Waals surface area contributed by atoms with E-state index in [1.165, 1.54) is 0 Å². The van der Waals surface area contributed by atoms with Crippen LogP contribution in [-0.4, -0.2) is 32.2 Å². The second-order valence-corrected chi connectivity index (χ2v) is 7.60. The third kappa shape index (κ3) is 4.64. The number of hydrogen-bond donors (Lipinski definition) is 2. The van der Waals surface area contributed by atoms with Crippen molar-refractivity contribution in [1.29, 1.82) is 0 Å². The van der Waals surface area contributed by atoms with Crippen LogP contribution in [-0.2, 0) is 15.6 Å². The van der Waals surface area contributed by atoms with E-state index in [0.29, 0.717) is 13.1 Å². The highest BCUT2D eigenvalue weighted by molar-refractivity contribution is 7.89. The number of thiazole rings is 1. The van der Waals surface area contributed by atoms with Gasteiger partial charge < -0.3 is 5.32 Å². The summed E-state index contributed by atoms with van der Waals surface area (Å²) in [7, 11) is -3.10. The van der Waals surface area contributed by atoms with Crippen LogP contribution in [0.3, 0.4) is 0 Å². The maximum atomic E-state index is 11.2. The average Bonchev–Trinajstić information content (AvgIpc) is 2.72. The van der Waals surface area contributed by atoms with Gasteiger partial charge in [-0.3, -0.25) is 0 Å². The van der Waals surface area contributed by atoms with Gasteiger partial charge in [0.15, 0.2) is 0 Å². The molecule has 0 aliphatic heterocycles. The predicted molar refractivity (Wildman–Crippen MR) is 75.3 cm³/mol. The first-order valence-electron chi connectivity index (χ1n) is 5.92. The molecule has 0 saturated heterocycles. The fourth-order valence-corrected chi connectivity index (χ4v) is 2.92. The van der Waals surface area contributed by atoms with E-state index in [0.717, 1.165) is 10.7 Å². The van der Waals surface area contributed by atoms with Gasteiger partial charge >= 0.3 is 0 Å². The molecule has 0 fully saturated rings. The maximum Gasteiger partial charge on any atom is 0.211 e. The molecule has 0 aromatic carbocycles. The zero-order valence-electron chi connectivity index (χ0n) is 11.3. The van der Waals surface area contributed by atoms with Gasteiger partial charge in [-0.2, -0.15) is 0 Å². The first-order chi connectivity index (χ1) is 8.27. The van der Waals surface area contributed by atoms with Crippen molar-refractivity contribution in [3.05, 3.63) is 16.1 Å². The second-order valence-electron chi connectivity index (χ2n) is 4.64. The number of aromatic nitrogens is 1. The van der Waals surface area contributed by atoms with Gasteiger partial charge in [-0.1, -0.05) is 0 Å². The monoisotopic (exact) mass is 291 g/mol. The zero-order chi connectivity index (χ0) is 13.8. The molecular weight excluding hydrogens is 270 g/mol. The third-order valence-corrected chi connectivity index (χ3v) is 5.24. The summed E-state index contributed by atoms with van der Waals surface area (Å²) in [6.07, 6.45) is 0. The minimum Gasteiger partial charge on any atom is -0.305 e. The number of aryl methyl sites for hydroxylation is 1. The molecule has 1 aromatic heterocycles. The van der Waals surface area contributed by atoms with Gasteiger partial charge in [0.2, 0.25) is 10.0 Å². The van der Waals surface area contributed by atoms with E-state index < -0.39 is 10.0 Å². The van der Waals surface area contributed by atoms with Gasteiger partial charge in [0.1, 0.15) is 5.01 Å². The fraction of sp³-hybridized carbons (Fsp3) is 0.727. The molecule has 5 nitrogen and oxygen atoms in total. The third-order valence-electron chi connectivity index (χ3n) is 2.55. The summed E-state index contributed by atoms with van der Waals surface area (Å²) in [5.74, 6) is 0.113. The molecule has 1 heterocycles. The molecule has 18 heavy (non-hydrogen) atoms. The lowest BCUT2D eigenvalue weighted by atomic mass is 10.1. The highest BCUT2D eigenvalue weighted by Gasteiger charge is 2.22. The number of rotatable bonds is 7. The molecule has 0 spiro atoms. The first-order valence-corrected chi connectivity index (χ1v) is 8.45. The lowest BCUT2D eigenvalue weighted by Crippen LogP contribution is -2.41. The molecule has 0 aliphatic rings. The smallest absolute Gasteiger partial charge is 0.211 e. The molecular formula is C11H21N3O2S2. The van der Waals surface area contributed by atoms with E-state index in [9.17, 15) is 8.42 Å². The molecule has 0 atom stereocenters. The van der Waals surface area contributed by atoms with E-state index in [-0.39, 0.29) is 11.3 Å². The summed E-state index contributed by atoms with van der Waals surface area (Å²) < 4.78 is 25.0. The Morgan fingerprint density at radius 2 is 2.06 bits per heavy atom. The fourth-order valence-electron chi connectivity index (χ4n) is 1.40. The maximum absolute atomic E-state index is 11.2. The Bertz CT molecular complexity index is 480. The molecule has 7 heteroatoms. The Hall–Kier alpha value is -0.500. The lowest BCUT2D eigenvalue weighted by Gasteiger charge is -2.24. The van der Waals surface area contributed by atoms with Crippen molar-refractivity contribution in [2.24, 2.45) is 0 Å². The van der Waals surface area contributed by atoms with Crippen molar-refractivity contribution in [3.8, 4) is 0 Å². The molecule has 0 aliphatic carbocycles. The summed E-state index contributed by atoms with van der Waals surface area (Å²) in [4.78, 5) is 4.44. The molecule has 0 saturated carbocycles. The lowest BCUT2D eigenvalue weighted by molar-refractivity contribution is 0.404. The van der Waals surface area contributed by atoms with E-state index in [1.54, 1.807) is 18.3 Å². The Morgan fingerprint density at radius 1 is 1.39 bits per heavy atom. The van der Waals surface area contributed by atoms with E-state index >= 15 is 0 Å². The molecule has 0 unspecified atom stereocenters. The van der Waals surface area contributed by atoms with Crippen molar-refractivity contribution in [2.45, 2.75) is 33.2 Å². The van der Waals surface area contributed by atoms with Crippen molar-refractivity contribution < 1.29 is 8.42 Å². The standard InChI is InChI=1S/C11H21N3O2S2/c1-5-18(15,16)13-7-6-12-11(3,4)10-14-9(2)8-17-10/h8,12-13H,5-7H2,1-4H3. The Balaban J connectivity index is 2.43. The van der Waals surface area contributed by atoms with Crippen LogP contribution in [0.5, 0.6) is 0 Å². The summed E-state index contributed by atoms with van der Waals surface area (Å²) in [5.41, 5.74) is 0.771.